The summed E-state index contributed by atoms with van der Waals surface area (Å²) in [5.74, 6) is -0.678. The molecule has 2 aromatic heterocycles. The molecule has 3 aromatic carbocycles. The van der Waals surface area contributed by atoms with Crippen LogP contribution >= 0.6 is 0 Å². The van der Waals surface area contributed by atoms with Gasteiger partial charge in [0.25, 0.3) is 0 Å². The molecule has 5 N–H and O–H groups in total. The summed E-state index contributed by atoms with van der Waals surface area (Å²) in [6, 6.07) is 17.4. The van der Waals surface area contributed by atoms with Crippen LogP contribution in [0.5, 0.6) is 23.0 Å². The second kappa shape index (κ2) is 10.6. The fourth-order valence-corrected chi connectivity index (χ4v) is 4.89. The summed E-state index contributed by atoms with van der Waals surface area (Å²) in [5.41, 5.74) is 5.09. The number of aromatic nitrogens is 1. The van der Waals surface area contributed by atoms with Crippen molar-refractivity contribution in [3.63, 3.8) is 0 Å². The van der Waals surface area contributed by atoms with E-state index in [0.29, 0.717) is 17.5 Å². The number of H-pyrrole nitrogens is 1. The van der Waals surface area contributed by atoms with Gasteiger partial charge in [0.2, 0.25) is 5.75 Å². The van der Waals surface area contributed by atoms with E-state index in [1.165, 1.54) is 25.3 Å². The summed E-state index contributed by atoms with van der Waals surface area (Å²) in [7, 11) is 1.31. The molecule has 0 atom stereocenters. The first-order chi connectivity index (χ1) is 18.8. The lowest BCUT2D eigenvalue weighted by molar-refractivity contribution is 0.278. The number of phenols is 3. The molecule has 0 fully saturated rings. The second-order valence-electron chi connectivity index (χ2n) is 9.33. The van der Waals surface area contributed by atoms with Gasteiger partial charge in [0, 0.05) is 34.1 Å². The summed E-state index contributed by atoms with van der Waals surface area (Å²) >= 11 is 0. The van der Waals surface area contributed by atoms with Crippen LogP contribution in [-0.4, -0.2) is 32.5 Å². The minimum Gasteiger partial charge on any atom is -0.508 e. The monoisotopic (exact) mass is 527 g/mol. The minimum absolute atomic E-state index is 0.0679. The van der Waals surface area contributed by atoms with Crippen molar-refractivity contribution < 1.29 is 29.6 Å². The number of aliphatic hydroxyl groups excluding tert-OH is 1. The smallest absolute Gasteiger partial charge is 0.204 e. The average molecular weight is 528 g/mol. The Morgan fingerprint density at radius 3 is 2.38 bits per heavy atom. The number of nitrogens with one attached hydrogen (secondary N) is 1. The van der Waals surface area contributed by atoms with Crippen molar-refractivity contribution in [1.29, 1.82) is 0 Å². The first-order valence-corrected chi connectivity index (χ1v) is 12.6. The zero-order chi connectivity index (χ0) is 27.7. The summed E-state index contributed by atoms with van der Waals surface area (Å²) in [6.45, 7) is 1.94. The van der Waals surface area contributed by atoms with Crippen molar-refractivity contribution in [1.82, 2.24) is 4.98 Å². The maximum atomic E-state index is 13.1. The predicted octanol–water partition coefficient (Wildman–Crippen LogP) is 5.42. The van der Waals surface area contributed by atoms with Gasteiger partial charge in [0.05, 0.1) is 13.7 Å². The summed E-state index contributed by atoms with van der Waals surface area (Å²) < 4.78 is 11.3. The number of hydrogen-bond donors (Lipinski definition) is 5. The molecule has 0 radical (unpaired) electrons. The van der Waals surface area contributed by atoms with Crippen LogP contribution in [0.4, 0.5) is 0 Å². The highest BCUT2D eigenvalue weighted by Crippen LogP contribution is 2.45. The van der Waals surface area contributed by atoms with E-state index in [1.807, 2.05) is 37.3 Å². The quantitative estimate of drug-likeness (QED) is 0.182. The minimum atomic E-state index is -0.492. The number of aromatic amines is 1. The van der Waals surface area contributed by atoms with E-state index in [2.05, 4.69) is 4.98 Å². The molecule has 8 nitrogen and oxygen atoms in total. The number of methoxy groups -OCH3 is 1. The summed E-state index contributed by atoms with van der Waals surface area (Å²) in [5, 5.41) is 41.2. The number of rotatable bonds is 8. The molecule has 200 valence electrons. The Labute approximate surface area is 224 Å². The van der Waals surface area contributed by atoms with Crippen molar-refractivity contribution >= 4 is 11.0 Å². The molecule has 8 heteroatoms. The number of aromatic hydroxyl groups is 3. The van der Waals surface area contributed by atoms with E-state index >= 15 is 0 Å². The van der Waals surface area contributed by atoms with E-state index < -0.39 is 11.2 Å². The van der Waals surface area contributed by atoms with Crippen molar-refractivity contribution in [3.8, 4) is 45.4 Å². The van der Waals surface area contributed by atoms with Gasteiger partial charge in [-0.1, -0.05) is 31.2 Å². The zero-order valence-corrected chi connectivity index (χ0v) is 21.6. The molecule has 0 unspecified atom stereocenters. The number of aryl methyl sites for hydroxylation is 3. The first kappa shape index (κ1) is 25.9. The molecule has 0 bridgehead atoms. The topological polar surface area (TPSA) is 136 Å². The Morgan fingerprint density at radius 1 is 0.923 bits per heavy atom. The highest BCUT2D eigenvalue weighted by Gasteiger charge is 2.24. The van der Waals surface area contributed by atoms with Gasteiger partial charge in [0.15, 0.2) is 16.9 Å². The van der Waals surface area contributed by atoms with Gasteiger partial charge in [-0.15, -0.1) is 0 Å². The molecule has 0 aliphatic carbocycles. The van der Waals surface area contributed by atoms with Gasteiger partial charge in [0.1, 0.15) is 22.5 Å². The SMILES string of the molecule is CCc1cc(-c2cccc(CCc3c(O)c(OC)c(O)c4c(=O)cc(-c5ccc(O)cc5)oc34)c2)c(CO)[nH]1. The maximum absolute atomic E-state index is 13.1. The molecule has 0 saturated heterocycles. The molecule has 0 aliphatic rings. The van der Waals surface area contributed by atoms with Gasteiger partial charge in [-0.25, -0.2) is 0 Å². The van der Waals surface area contributed by atoms with Crippen molar-refractivity contribution in [2.75, 3.05) is 7.11 Å². The Hall–Kier alpha value is -4.69. The van der Waals surface area contributed by atoms with Gasteiger partial charge >= 0.3 is 0 Å². The second-order valence-corrected chi connectivity index (χ2v) is 9.33. The van der Waals surface area contributed by atoms with E-state index in [9.17, 15) is 25.2 Å². The van der Waals surface area contributed by atoms with Crippen LogP contribution in [0.3, 0.4) is 0 Å². The molecule has 39 heavy (non-hydrogen) atoms. The largest absolute Gasteiger partial charge is 0.508 e. The predicted molar refractivity (Wildman–Crippen MR) is 148 cm³/mol. The Kier molecular flexibility index (Phi) is 7.04. The number of hydrogen-bond acceptors (Lipinski definition) is 7. The molecule has 5 aromatic rings. The fraction of sp³-hybridized carbons (Fsp3) is 0.194. The normalized spacial score (nSPS) is 11.3. The third-order valence-corrected chi connectivity index (χ3v) is 6.93. The van der Waals surface area contributed by atoms with Gasteiger partial charge < -0.3 is 34.6 Å². The van der Waals surface area contributed by atoms with Crippen molar-refractivity contribution in [2.45, 2.75) is 32.8 Å². The summed E-state index contributed by atoms with van der Waals surface area (Å²) in [4.78, 5) is 16.4. The lowest BCUT2D eigenvalue weighted by Gasteiger charge is -2.15. The number of aliphatic hydroxyl groups is 1. The van der Waals surface area contributed by atoms with Crippen molar-refractivity contribution in [2.24, 2.45) is 0 Å². The van der Waals surface area contributed by atoms with Gasteiger partial charge in [-0.2, -0.15) is 0 Å². The number of ether oxygens (including phenoxy) is 1. The molecule has 2 heterocycles. The highest BCUT2D eigenvalue weighted by atomic mass is 16.5. The standard InChI is InChI=1S/C31H29NO7/c1-3-20-14-23(24(16-33)32-20)19-6-4-5-17(13-19)7-12-22-28(36)31(38-2)29(37)27-25(35)15-26(39-30(22)27)18-8-10-21(34)11-9-18/h4-6,8-11,13-15,32-34,36-37H,3,7,12,16H2,1-2H3. The van der Waals surface area contributed by atoms with Crippen LogP contribution in [0.2, 0.25) is 0 Å². The Bertz CT molecular complexity index is 1710. The number of fused-ring (bicyclic) bond motifs is 1. The summed E-state index contributed by atoms with van der Waals surface area (Å²) in [6.07, 6.45) is 1.58. The molecule has 0 amide bonds. The van der Waals surface area contributed by atoms with Gasteiger partial charge in [-0.05, 0) is 60.7 Å². The van der Waals surface area contributed by atoms with Gasteiger partial charge in [-0.3, -0.25) is 4.79 Å². The molecule has 0 aliphatic heterocycles. The average Bonchev–Trinajstić information content (AvgIpc) is 3.37. The van der Waals surface area contributed by atoms with Crippen LogP contribution in [0, 0.1) is 0 Å². The van der Waals surface area contributed by atoms with E-state index in [4.69, 9.17) is 9.15 Å². The lowest BCUT2D eigenvalue weighted by Crippen LogP contribution is -2.05. The fourth-order valence-electron chi connectivity index (χ4n) is 4.89. The van der Waals surface area contributed by atoms with Crippen LogP contribution in [-0.2, 0) is 25.9 Å². The van der Waals surface area contributed by atoms with Crippen LogP contribution in [0.1, 0.15) is 29.4 Å². The highest BCUT2D eigenvalue weighted by molar-refractivity contribution is 5.92. The third-order valence-electron chi connectivity index (χ3n) is 6.93. The Balaban J connectivity index is 1.58. The van der Waals surface area contributed by atoms with E-state index in [0.717, 1.165) is 34.5 Å². The molecule has 0 saturated carbocycles. The molecule has 5 rings (SSSR count). The molecular formula is C31H29NO7. The maximum Gasteiger partial charge on any atom is 0.204 e. The van der Waals surface area contributed by atoms with Crippen molar-refractivity contribution in [3.05, 3.63) is 93.4 Å². The van der Waals surface area contributed by atoms with E-state index in [1.54, 1.807) is 12.1 Å². The molecular weight excluding hydrogens is 498 g/mol. The van der Waals surface area contributed by atoms with E-state index in [-0.39, 0.29) is 47.0 Å². The number of phenolic OH excluding ortho intramolecular Hbond substituents is 3. The van der Waals surface area contributed by atoms with Crippen LogP contribution in [0.25, 0.3) is 33.4 Å². The molecule has 0 spiro atoms. The van der Waals surface area contributed by atoms with Crippen LogP contribution in [0.15, 0.2) is 69.9 Å². The number of benzene rings is 3. The third kappa shape index (κ3) is 4.82. The first-order valence-electron chi connectivity index (χ1n) is 12.6. The zero-order valence-electron chi connectivity index (χ0n) is 21.6. The van der Waals surface area contributed by atoms with Crippen LogP contribution < -0.4 is 10.2 Å². The lowest BCUT2D eigenvalue weighted by atomic mass is 9.97. The Morgan fingerprint density at radius 2 is 1.69 bits per heavy atom.